The highest BCUT2D eigenvalue weighted by molar-refractivity contribution is 5.99. The summed E-state index contributed by atoms with van der Waals surface area (Å²) in [4.78, 5) is 11.9. The van der Waals surface area contributed by atoms with Gasteiger partial charge in [-0.25, -0.2) is 0 Å². The van der Waals surface area contributed by atoms with Crippen LogP contribution in [0.2, 0.25) is 0 Å². The van der Waals surface area contributed by atoms with Crippen molar-refractivity contribution in [3.8, 4) is 5.75 Å². The summed E-state index contributed by atoms with van der Waals surface area (Å²) in [6.45, 7) is 3.37. The van der Waals surface area contributed by atoms with Gasteiger partial charge in [0.15, 0.2) is 5.78 Å². The lowest BCUT2D eigenvalue weighted by Gasteiger charge is -2.09. The van der Waals surface area contributed by atoms with Crippen molar-refractivity contribution in [2.45, 2.75) is 6.92 Å². The Morgan fingerprint density at radius 1 is 1.24 bits per heavy atom. The van der Waals surface area contributed by atoms with E-state index >= 15 is 0 Å². The Morgan fingerprint density at radius 3 is 2.71 bits per heavy atom. The minimum Gasteiger partial charge on any atom is -0.493 e. The number of ether oxygens (including phenoxy) is 3. The molecule has 0 radical (unpaired) electrons. The van der Waals surface area contributed by atoms with Crippen LogP contribution < -0.4 is 4.74 Å². The van der Waals surface area contributed by atoms with Crippen LogP contribution in [0.3, 0.4) is 0 Å². The molecule has 4 nitrogen and oxygen atoms in total. The van der Waals surface area contributed by atoms with Gasteiger partial charge in [-0.05, 0) is 19.1 Å². The zero-order valence-corrected chi connectivity index (χ0v) is 10.3. The summed E-state index contributed by atoms with van der Waals surface area (Å²) in [7, 11) is 1.59. The second kappa shape index (κ2) is 7.81. The number of Topliss-reactive ketones (excluding diaryl/α,β-unsaturated/α-hetero) is 1. The summed E-state index contributed by atoms with van der Waals surface area (Å²) >= 11 is 0. The van der Waals surface area contributed by atoms with Crippen molar-refractivity contribution in [1.29, 1.82) is 0 Å². The van der Waals surface area contributed by atoms with E-state index in [1.807, 2.05) is 19.1 Å². The van der Waals surface area contributed by atoms with Crippen LogP contribution in [0.1, 0.15) is 17.3 Å². The van der Waals surface area contributed by atoms with Crippen LogP contribution in [0.15, 0.2) is 24.3 Å². The highest BCUT2D eigenvalue weighted by Gasteiger charge is 2.11. The van der Waals surface area contributed by atoms with Crippen molar-refractivity contribution >= 4 is 5.78 Å². The fraction of sp³-hybridized carbons (Fsp3) is 0.462. The van der Waals surface area contributed by atoms with Crippen molar-refractivity contribution in [1.82, 2.24) is 0 Å². The first-order valence-electron chi connectivity index (χ1n) is 5.61. The molecule has 1 rings (SSSR count). The lowest BCUT2D eigenvalue weighted by molar-refractivity contribution is 0.0574. The number of rotatable bonds is 8. The molecule has 17 heavy (non-hydrogen) atoms. The third kappa shape index (κ3) is 4.54. The first-order valence-corrected chi connectivity index (χ1v) is 5.61. The van der Waals surface area contributed by atoms with Crippen LogP contribution >= 0.6 is 0 Å². The SMILES string of the molecule is CCOc1ccccc1C(=O)COCCOC. The Bertz CT molecular complexity index is 349. The quantitative estimate of drug-likeness (QED) is 0.513. The van der Waals surface area contributed by atoms with Gasteiger partial charge in [-0.2, -0.15) is 0 Å². The summed E-state index contributed by atoms with van der Waals surface area (Å²) in [5, 5.41) is 0. The predicted octanol–water partition coefficient (Wildman–Crippen LogP) is 1.93. The van der Waals surface area contributed by atoms with E-state index in [0.717, 1.165) is 0 Å². The molecule has 0 aliphatic rings. The van der Waals surface area contributed by atoms with Gasteiger partial charge in [-0.1, -0.05) is 12.1 Å². The molecular weight excluding hydrogens is 220 g/mol. The average molecular weight is 238 g/mol. The number of ketones is 1. The van der Waals surface area contributed by atoms with Gasteiger partial charge in [-0.15, -0.1) is 0 Å². The minimum absolute atomic E-state index is 0.0491. The second-order valence-electron chi connectivity index (χ2n) is 3.40. The van der Waals surface area contributed by atoms with E-state index in [4.69, 9.17) is 14.2 Å². The van der Waals surface area contributed by atoms with Crippen molar-refractivity contribution in [2.75, 3.05) is 33.5 Å². The third-order valence-electron chi connectivity index (χ3n) is 2.15. The summed E-state index contributed by atoms with van der Waals surface area (Å²) < 4.78 is 15.4. The number of para-hydroxylation sites is 1. The van der Waals surface area contributed by atoms with E-state index in [-0.39, 0.29) is 12.4 Å². The van der Waals surface area contributed by atoms with Crippen LogP contribution in [-0.2, 0) is 9.47 Å². The van der Waals surface area contributed by atoms with Gasteiger partial charge >= 0.3 is 0 Å². The zero-order valence-electron chi connectivity index (χ0n) is 10.3. The molecule has 0 aliphatic carbocycles. The molecule has 0 bridgehead atoms. The maximum atomic E-state index is 11.9. The van der Waals surface area contributed by atoms with Gasteiger partial charge in [0.2, 0.25) is 0 Å². The molecular formula is C13H18O4. The number of carbonyl (C=O) groups is 1. The Kier molecular flexibility index (Phi) is 6.29. The Labute approximate surface area is 101 Å². The van der Waals surface area contributed by atoms with E-state index in [1.165, 1.54) is 0 Å². The second-order valence-corrected chi connectivity index (χ2v) is 3.40. The highest BCUT2D eigenvalue weighted by atomic mass is 16.5. The van der Waals surface area contributed by atoms with Gasteiger partial charge in [0, 0.05) is 7.11 Å². The van der Waals surface area contributed by atoms with Gasteiger partial charge in [0.05, 0.1) is 25.4 Å². The van der Waals surface area contributed by atoms with Crippen LogP contribution in [-0.4, -0.2) is 39.3 Å². The van der Waals surface area contributed by atoms with Crippen molar-refractivity contribution in [3.05, 3.63) is 29.8 Å². The van der Waals surface area contributed by atoms with E-state index in [1.54, 1.807) is 19.2 Å². The molecule has 0 unspecified atom stereocenters. The number of hydrogen-bond acceptors (Lipinski definition) is 4. The van der Waals surface area contributed by atoms with Gasteiger partial charge in [-0.3, -0.25) is 4.79 Å². The highest BCUT2D eigenvalue weighted by Crippen LogP contribution is 2.18. The Morgan fingerprint density at radius 2 is 2.00 bits per heavy atom. The van der Waals surface area contributed by atoms with Gasteiger partial charge < -0.3 is 14.2 Å². The maximum Gasteiger partial charge on any atom is 0.192 e. The van der Waals surface area contributed by atoms with Crippen LogP contribution in [0.5, 0.6) is 5.75 Å². The lowest BCUT2D eigenvalue weighted by Crippen LogP contribution is -2.13. The van der Waals surface area contributed by atoms with E-state index < -0.39 is 0 Å². The monoisotopic (exact) mass is 238 g/mol. The van der Waals surface area contributed by atoms with Gasteiger partial charge in [0.25, 0.3) is 0 Å². The van der Waals surface area contributed by atoms with Crippen LogP contribution in [0.25, 0.3) is 0 Å². The molecule has 0 N–H and O–H groups in total. The van der Waals surface area contributed by atoms with E-state index in [2.05, 4.69) is 0 Å². The maximum absolute atomic E-state index is 11.9. The molecule has 94 valence electrons. The fourth-order valence-corrected chi connectivity index (χ4v) is 1.36. The van der Waals surface area contributed by atoms with Crippen LogP contribution in [0.4, 0.5) is 0 Å². The van der Waals surface area contributed by atoms with Crippen LogP contribution in [0, 0.1) is 0 Å². The summed E-state index contributed by atoms with van der Waals surface area (Å²) in [6.07, 6.45) is 0. The molecule has 4 heteroatoms. The molecule has 1 aromatic carbocycles. The molecule has 0 aliphatic heterocycles. The zero-order chi connectivity index (χ0) is 12.5. The number of carbonyl (C=O) groups excluding carboxylic acids is 1. The smallest absolute Gasteiger partial charge is 0.192 e. The summed E-state index contributed by atoms with van der Waals surface area (Å²) in [6, 6.07) is 7.18. The number of hydrogen-bond donors (Lipinski definition) is 0. The van der Waals surface area contributed by atoms with Crippen molar-refractivity contribution < 1.29 is 19.0 Å². The molecule has 0 fully saturated rings. The normalized spacial score (nSPS) is 10.2. The fourth-order valence-electron chi connectivity index (χ4n) is 1.36. The van der Waals surface area contributed by atoms with Crippen molar-refractivity contribution in [3.63, 3.8) is 0 Å². The van der Waals surface area contributed by atoms with E-state index in [9.17, 15) is 4.79 Å². The molecule has 1 aromatic rings. The van der Waals surface area contributed by atoms with Gasteiger partial charge in [0.1, 0.15) is 12.4 Å². The Balaban J connectivity index is 2.55. The number of benzene rings is 1. The predicted molar refractivity (Wildman–Crippen MR) is 64.6 cm³/mol. The summed E-state index contributed by atoms with van der Waals surface area (Å²) in [5.74, 6) is 0.528. The third-order valence-corrected chi connectivity index (χ3v) is 2.15. The standard InChI is InChI=1S/C13H18O4/c1-3-17-13-7-5-4-6-11(13)12(14)10-16-9-8-15-2/h4-7H,3,8-10H2,1-2H3. The molecule has 0 saturated carbocycles. The molecule has 0 spiro atoms. The first kappa shape index (κ1) is 13.7. The Hall–Kier alpha value is -1.39. The summed E-state index contributed by atoms with van der Waals surface area (Å²) in [5.41, 5.74) is 0.562. The lowest BCUT2D eigenvalue weighted by atomic mass is 10.1. The molecule has 0 heterocycles. The molecule has 0 atom stereocenters. The van der Waals surface area contributed by atoms with Crippen molar-refractivity contribution in [2.24, 2.45) is 0 Å². The largest absolute Gasteiger partial charge is 0.493 e. The first-order chi connectivity index (χ1) is 8.29. The average Bonchev–Trinajstić information content (AvgIpc) is 2.35. The molecule has 0 aromatic heterocycles. The minimum atomic E-state index is -0.0786. The molecule has 0 saturated heterocycles. The topological polar surface area (TPSA) is 44.8 Å². The number of methoxy groups -OCH3 is 1. The van der Waals surface area contributed by atoms with E-state index in [0.29, 0.717) is 31.1 Å². The molecule has 0 amide bonds.